The topological polar surface area (TPSA) is 53.4 Å². The van der Waals surface area contributed by atoms with Crippen molar-refractivity contribution in [1.82, 2.24) is 9.88 Å². The number of likely N-dealkylation sites (tertiary alicyclic amines) is 1. The van der Waals surface area contributed by atoms with Crippen LogP contribution in [-0.4, -0.2) is 38.9 Å². The molecule has 1 N–H and O–H groups in total. The number of alkyl halides is 1. The number of nitrogens with zero attached hydrogens (tertiary/aromatic N) is 2. The zero-order valence-corrected chi connectivity index (χ0v) is 11.8. The van der Waals surface area contributed by atoms with Crippen molar-refractivity contribution in [3.05, 3.63) is 24.0 Å². The van der Waals surface area contributed by atoms with E-state index in [0.717, 1.165) is 32.2 Å². The summed E-state index contributed by atoms with van der Waals surface area (Å²) in [5, 5.41) is 9.79. The van der Waals surface area contributed by atoms with Crippen molar-refractivity contribution in [2.75, 3.05) is 6.54 Å². The Hall–Kier alpha value is -1.29. The molecule has 0 radical (unpaired) electrons. The minimum absolute atomic E-state index is 0.0458. The van der Waals surface area contributed by atoms with Crippen molar-refractivity contribution >= 4 is 17.5 Å². The summed E-state index contributed by atoms with van der Waals surface area (Å²) in [5.41, 5.74) is 0.323. The normalized spacial score (nSPS) is 21.2. The maximum absolute atomic E-state index is 12.5. The first-order chi connectivity index (χ1) is 9.09. The molecule has 2 heterocycles. The van der Waals surface area contributed by atoms with Gasteiger partial charge in [0.15, 0.2) is 0 Å². The molecule has 0 saturated carbocycles. The van der Waals surface area contributed by atoms with E-state index >= 15 is 0 Å². The molecule has 1 fully saturated rings. The van der Waals surface area contributed by atoms with Crippen molar-refractivity contribution in [3.8, 4) is 5.75 Å². The molecule has 1 aliphatic heterocycles. The highest BCUT2D eigenvalue weighted by molar-refractivity contribution is 6.20. The molecule has 1 aromatic heterocycles. The van der Waals surface area contributed by atoms with Crippen LogP contribution in [0.2, 0.25) is 0 Å². The number of amides is 1. The van der Waals surface area contributed by atoms with Crippen LogP contribution in [0.3, 0.4) is 0 Å². The lowest BCUT2D eigenvalue weighted by atomic mass is 9.97. The van der Waals surface area contributed by atoms with Crippen LogP contribution in [-0.2, 0) is 0 Å². The van der Waals surface area contributed by atoms with Gasteiger partial charge in [-0.25, -0.2) is 0 Å². The number of hydrogen-bond donors (Lipinski definition) is 1. The Bertz CT molecular complexity index is 451. The summed E-state index contributed by atoms with van der Waals surface area (Å²) >= 11 is 6.06. The Kier molecular flexibility index (Phi) is 4.64. The number of pyridine rings is 1. The van der Waals surface area contributed by atoms with E-state index in [9.17, 15) is 9.90 Å². The molecule has 2 atom stereocenters. The first kappa shape index (κ1) is 14.1. The van der Waals surface area contributed by atoms with Crippen LogP contribution in [0, 0.1) is 0 Å². The molecule has 0 aliphatic carbocycles. The van der Waals surface area contributed by atoms with Gasteiger partial charge in [0.05, 0.1) is 11.8 Å². The third kappa shape index (κ3) is 3.38. The van der Waals surface area contributed by atoms with Crippen LogP contribution in [0.5, 0.6) is 5.75 Å². The van der Waals surface area contributed by atoms with E-state index in [1.807, 2.05) is 11.8 Å². The molecule has 104 valence electrons. The summed E-state index contributed by atoms with van der Waals surface area (Å²) in [6.07, 6.45) is 6.73. The molecule has 1 aliphatic rings. The molecule has 2 unspecified atom stereocenters. The van der Waals surface area contributed by atoms with Crippen LogP contribution >= 0.6 is 11.6 Å². The Balaban J connectivity index is 2.18. The molecular weight excluding hydrogens is 264 g/mol. The molecule has 1 amide bonds. The van der Waals surface area contributed by atoms with Gasteiger partial charge in [-0.2, -0.15) is 0 Å². The summed E-state index contributed by atoms with van der Waals surface area (Å²) < 4.78 is 0. The van der Waals surface area contributed by atoms with Crippen molar-refractivity contribution < 1.29 is 9.90 Å². The average Bonchev–Trinajstić information content (AvgIpc) is 2.38. The van der Waals surface area contributed by atoms with Crippen LogP contribution < -0.4 is 0 Å². The molecule has 4 nitrogen and oxygen atoms in total. The largest absolute Gasteiger partial charge is 0.505 e. The molecule has 5 heteroatoms. The minimum atomic E-state index is -0.123. The number of aromatic nitrogens is 1. The maximum Gasteiger partial charge on any atom is 0.257 e. The van der Waals surface area contributed by atoms with Crippen molar-refractivity contribution in [2.24, 2.45) is 0 Å². The molecule has 0 aromatic carbocycles. The number of hydrogen-bond acceptors (Lipinski definition) is 3. The van der Waals surface area contributed by atoms with E-state index < -0.39 is 0 Å². The Morgan fingerprint density at radius 3 is 3.11 bits per heavy atom. The molecular formula is C14H19ClN2O2. The third-order valence-corrected chi connectivity index (χ3v) is 3.69. The van der Waals surface area contributed by atoms with Crippen LogP contribution in [0.1, 0.15) is 43.0 Å². The minimum Gasteiger partial charge on any atom is -0.505 e. The van der Waals surface area contributed by atoms with Crippen molar-refractivity contribution in [3.63, 3.8) is 0 Å². The lowest BCUT2D eigenvalue weighted by Crippen LogP contribution is -2.44. The van der Waals surface area contributed by atoms with E-state index in [1.54, 1.807) is 6.07 Å². The van der Waals surface area contributed by atoms with Gasteiger partial charge >= 0.3 is 0 Å². The van der Waals surface area contributed by atoms with Gasteiger partial charge in [0.25, 0.3) is 5.91 Å². The van der Waals surface area contributed by atoms with Crippen molar-refractivity contribution in [2.45, 2.75) is 44.0 Å². The fourth-order valence-electron chi connectivity index (χ4n) is 2.61. The monoisotopic (exact) mass is 282 g/mol. The fourth-order valence-corrected chi connectivity index (χ4v) is 2.82. The summed E-state index contributed by atoms with van der Waals surface area (Å²) in [6, 6.07) is 1.73. The first-order valence-corrected chi connectivity index (χ1v) is 7.11. The van der Waals surface area contributed by atoms with Gasteiger partial charge < -0.3 is 10.0 Å². The summed E-state index contributed by atoms with van der Waals surface area (Å²) in [4.78, 5) is 18.2. The summed E-state index contributed by atoms with van der Waals surface area (Å²) in [6.45, 7) is 2.68. The molecule has 1 aromatic rings. The van der Waals surface area contributed by atoms with Crippen LogP contribution in [0.15, 0.2) is 18.5 Å². The number of rotatable bonds is 3. The number of halogens is 1. The van der Waals surface area contributed by atoms with E-state index in [1.165, 1.54) is 12.4 Å². The zero-order valence-electron chi connectivity index (χ0n) is 11.1. The average molecular weight is 283 g/mol. The van der Waals surface area contributed by atoms with E-state index in [2.05, 4.69) is 4.98 Å². The molecule has 0 spiro atoms. The smallest absolute Gasteiger partial charge is 0.257 e. The molecule has 19 heavy (non-hydrogen) atoms. The Labute approximate surface area is 118 Å². The van der Waals surface area contributed by atoms with Gasteiger partial charge in [-0.05, 0) is 38.7 Å². The van der Waals surface area contributed by atoms with Gasteiger partial charge in [-0.15, -0.1) is 11.6 Å². The van der Waals surface area contributed by atoms with E-state index in [0.29, 0.717) is 5.56 Å². The molecule has 1 saturated heterocycles. The fraction of sp³-hybridized carbons (Fsp3) is 0.571. The lowest BCUT2D eigenvalue weighted by Gasteiger charge is -2.36. The quantitative estimate of drug-likeness (QED) is 0.868. The van der Waals surface area contributed by atoms with Crippen molar-refractivity contribution in [1.29, 1.82) is 0 Å². The maximum atomic E-state index is 12.5. The predicted octanol–water partition coefficient (Wildman–Crippen LogP) is 2.80. The SMILES string of the molecule is CC(Cl)CC1CCCCN1C(=O)c1ccncc1O. The highest BCUT2D eigenvalue weighted by Gasteiger charge is 2.29. The number of piperidine rings is 1. The highest BCUT2D eigenvalue weighted by Crippen LogP contribution is 2.26. The standard InChI is InChI=1S/C14H19ClN2O2/c1-10(15)8-11-4-2-3-7-17(11)14(19)12-5-6-16-9-13(12)18/h5-6,9-11,18H,2-4,7-8H2,1H3. The Morgan fingerprint density at radius 2 is 2.42 bits per heavy atom. The Morgan fingerprint density at radius 1 is 1.63 bits per heavy atom. The number of carbonyl (C=O) groups excluding carboxylic acids is 1. The summed E-state index contributed by atoms with van der Waals surface area (Å²) in [5.74, 6) is -0.183. The van der Waals surface area contributed by atoms with Gasteiger partial charge in [-0.1, -0.05) is 0 Å². The van der Waals surface area contributed by atoms with Gasteiger partial charge in [0.2, 0.25) is 0 Å². The first-order valence-electron chi connectivity index (χ1n) is 6.67. The second-order valence-corrected chi connectivity index (χ2v) is 5.80. The van der Waals surface area contributed by atoms with E-state index in [-0.39, 0.29) is 23.1 Å². The van der Waals surface area contributed by atoms with Gasteiger partial charge in [-0.3, -0.25) is 9.78 Å². The number of aromatic hydroxyl groups is 1. The third-order valence-electron chi connectivity index (χ3n) is 3.52. The van der Waals surface area contributed by atoms with Gasteiger partial charge in [0, 0.05) is 24.2 Å². The second-order valence-electron chi connectivity index (χ2n) is 5.06. The second kappa shape index (κ2) is 6.24. The van der Waals surface area contributed by atoms with Gasteiger partial charge in [0.1, 0.15) is 5.75 Å². The molecule has 2 rings (SSSR count). The predicted molar refractivity (Wildman–Crippen MR) is 74.5 cm³/mol. The van der Waals surface area contributed by atoms with Crippen LogP contribution in [0.4, 0.5) is 0 Å². The highest BCUT2D eigenvalue weighted by atomic mass is 35.5. The number of carbonyl (C=O) groups is 1. The zero-order chi connectivity index (χ0) is 13.8. The van der Waals surface area contributed by atoms with E-state index in [4.69, 9.17) is 11.6 Å². The summed E-state index contributed by atoms with van der Waals surface area (Å²) in [7, 11) is 0. The molecule has 0 bridgehead atoms. The van der Waals surface area contributed by atoms with Crippen LogP contribution in [0.25, 0.3) is 0 Å². The lowest BCUT2D eigenvalue weighted by molar-refractivity contribution is 0.0599.